The summed E-state index contributed by atoms with van der Waals surface area (Å²) >= 11 is 0. The Balaban J connectivity index is 1.54. The molecule has 35 heavy (non-hydrogen) atoms. The van der Waals surface area contributed by atoms with Gasteiger partial charge >= 0.3 is 6.18 Å². The van der Waals surface area contributed by atoms with Gasteiger partial charge in [-0.05, 0) is 24.3 Å². The van der Waals surface area contributed by atoms with Gasteiger partial charge in [-0.3, -0.25) is 4.79 Å². The number of halogens is 4. The number of hydrogen-bond donors (Lipinski definition) is 0. The van der Waals surface area contributed by atoms with Crippen molar-refractivity contribution in [2.45, 2.75) is 11.1 Å². The van der Waals surface area contributed by atoms with Crippen LogP contribution in [0.4, 0.5) is 29.1 Å². The van der Waals surface area contributed by atoms with Crippen molar-refractivity contribution in [1.82, 2.24) is 9.88 Å². The molecular weight excluding hydrogens is 492 g/mol. The largest absolute Gasteiger partial charge is 0.417 e. The number of rotatable bonds is 4. The third-order valence-electron chi connectivity index (χ3n) is 5.99. The predicted octanol–water partition coefficient (Wildman–Crippen LogP) is 2.44. The quantitative estimate of drug-likeness (QED) is 0.578. The molecule has 2 aliphatic heterocycles. The maximum Gasteiger partial charge on any atom is 0.417 e. The lowest BCUT2D eigenvalue weighted by Gasteiger charge is -2.37. The smallest absolute Gasteiger partial charge is 0.378 e. The summed E-state index contributed by atoms with van der Waals surface area (Å²) in [5.41, 5.74) is -0.334. The van der Waals surface area contributed by atoms with E-state index in [4.69, 9.17) is 4.74 Å². The van der Waals surface area contributed by atoms with E-state index in [1.54, 1.807) is 6.07 Å². The van der Waals surface area contributed by atoms with E-state index in [0.29, 0.717) is 44.3 Å². The number of hydrogen-bond acceptors (Lipinski definition) is 7. The fourth-order valence-corrected chi connectivity index (χ4v) is 4.75. The number of anilines is 2. The third-order valence-corrected chi connectivity index (χ3v) is 7.10. The Morgan fingerprint density at radius 2 is 1.66 bits per heavy atom. The molecule has 0 atom stereocenters. The van der Waals surface area contributed by atoms with Crippen LogP contribution in [0.2, 0.25) is 0 Å². The molecule has 2 aromatic rings. The highest BCUT2D eigenvalue weighted by molar-refractivity contribution is 7.90. The van der Waals surface area contributed by atoms with E-state index in [-0.39, 0.29) is 48.4 Å². The van der Waals surface area contributed by atoms with Crippen LogP contribution in [0.1, 0.15) is 15.9 Å². The number of piperazine rings is 1. The summed E-state index contributed by atoms with van der Waals surface area (Å²) in [6.07, 6.45) is -3.05. The fourth-order valence-electron chi connectivity index (χ4n) is 4.11. The molecule has 8 nitrogen and oxygen atoms in total. The highest BCUT2D eigenvalue weighted by atomic mass is 32.2. The Labute approximate surface area is 200 Å². The number of benzene rings is 1. The summed E-state index contributed by atoms with van der Waals surface area (Å²) in [6, 6.07) is 4.86. The van der Waals surface area contributed by atoms with Gasteiger partial charge in [0.25, 0.3) is 5.91 Å². The second kappa shape index (κ2) is 9.61. The molecule has 3 heterocycles. The molecular formula is C22H24F4N4O4S. The summed E-state index contributed by atoms with van der Waals surface area (Å²) < 4.78 is 82.3. The second-order valence-electron chi connectivity index (χ2n) is 8.36. The average Bonchev–Trinajstić information content (AvgIpc) is 2.83. The average molecular weight is 517 g/mol. The Morgan fingerprint density at radius 1 is 1.00 bits per heavy atom. The Bertz CT molecular complexity index is 1210. The zero-order chi connectivity index (χ0) is 25.4. The summed E-state index contributed by atoms with van der Waals surface area (Å²) in [4.78, 5) is 22.1. The number of aromatic nitrogens is 1. The first-order chi connectivity index (χ1) is 16.4. The Kier molecular flexibility index (Phi) is 6.91. The molecule has 0 saturated carbocycles. The first-order valence-electron chi connectivity index (χ1n) is 10.9. The lowest BCUT2D eigenvalue weighted by Crippen LogP contribution is -2.49. The van der Waals surface area contributed by atoms with E-state index in [1.165, 1.54) is 21.9 Å². The van der Waals surface area contributed by atoms with Gasteiger partial charge in [0.2, 0.25) is 0 Å². The Morgan fingerprint density at radius 3 is 2.23 bits per heavy atom. The van der Waals surface area contributed by atoms with Crippen LogP contribution in [0, 0.1) is 5.82 Å². The molecule has 0 aliphatic carbocycles. The minimum Gasteiger partial charge on any atom is -0.378 e. The van der Waals surface area contributed by atoms with Crippen molar-refractivity contribution in [1.29, 1.82) is 0 Å². The van der Waals surface area contributed by atoms with Crippen LogP contribution in [-0.2, 0) is 20.8 Å². The number of carbonyl (C=O) groups excluding carboxylic acids is 1. The summed E-state index contributed by atoms with van der Waals surface area (Å²) in [5, 5.41) is 0. The van der Waals surface area contributed by atoms with Gasteiger partial charge in [0.1, 0.15) is 0 Å². The molecule has 2 saturated heterocycles. The van der Waals surface area contributed by atoms with E-state index < -0.39 is 27.4 Å². The number of nitrogens with zero attached hydrogens (tertiary/aromatic N) is 4. The van der Waals surface area contributed by atoms with Gasteiger partial charge in [0.05, 0.1) is 29.2 Å². The van der Waals surface area contributed by atoms with E-state index in [1.807, 2.05) is 4.90 Å². The van der Waals surface area contributed by atoms with Crippen LogP contribution in [0.25, 0.3) is 0 Å². The predicted molar refractivity (Wildman–Crippen MR) is 120 cm³/mol. The summed E-state index contributed by atoms with van der Waals surface area (Å²) in [6.45, 7) is 2.67. The lowest BCUT2D eigenvalue weighted by molar-refractivity contribution is -0.138. The Hall–Kier alpha value is -2.93. The standard InChI is InChI=1S/C22H24F4N4O4S/c1-35(32,33)16-2-3-19(28-8-10-34-11-9-28)17(13-16)21(31)30-6-4-29(5-7-30)20-18(23)12-15(14-27-20)22(24,25)26/h2-3,12-14H,4-11H2,1H3. The number of carbonyl (C=O) groups is 1. The van der Waals surface area contributed by atoms with E-state index in [0.717, 1.165) is 6.26 Å². The molecule has 2 fully saturated rings. The molecule has 13 heteroatoms. The van der Waals surface area contributed by atoms with Crippen LogP contribution >= 0.6 is 0 Å². The first-order valence-corrected chi connectivity index (χ1v) is 12.8. The van der Waals surface area contributed by atoms with E-state index in [9.17, 15) is 30.8 Å². The van der Waals surface area contributed by atoms with Crippen molar-refractivity contribution < 1.29 is 35.5 Å². The lowest BCUT2D eigenvalue weighted by atomic mass is 10.1. The minimum atomic E-state index is -4.70. The van der Waals surface area contributed by atoms with Crippen LogP contribution in [0.5, 0.6) is 0 Å². The van der Waals surface area contributed by atoms with Crippen LogP contribution < -0.4 is 9.80 Å². The van der Waals surface area contributed by atoms with Crippen molar-refractivity contribution in [2.24, 2.45) is 0 Å². The van der Waals surface area contributed by atoms with Gasteiger partial charge in [-0.1, -0.05) is 0 Å². The molecule has 1 amide bonds. The van der Waals surface area contributed by atoms with Crippen molar-refractivity contribution in [2.75, 3.05) is 68.5 Å². The van der Waals surface area contributed by atoms with Crippen molar-refractivity contribution in [3.8, 4) is 0 Å². The van der Waals surface area contributed by atoms with Gasteiger partial charge in [-0.2, -0.15) is 13.2 Å². The molecule has 1 aromatic heterocycles. The molecule has 190 valence electrons. The molecule has 1 aromatic carbocycles. The second-order valence-corrected chi connectivity index (χ2v) is 10.4. The van der Waals surface area contributed by atoms with Crippen LogP contribution in [0.3, 0.4) is 0 Å². The number of pyridine rings is 1. The minimum absolute atomic E-state index is 0.0209. The van der Waals surface area contributed by atoms with Gasteiger partial charge in [-0.15, -0.1) is 0 Å². The van der Waals surface area contributed by atoms with Crippen LogP contribution in [-0.4, -0.2) is 82.9 Å². The molecule has 0 unspecified atom stereocenters. The molecule has 0 bridgehead atoms. The fraction of sp³-hybridized carbons (Fsp3) is 0.455. The maximum atomic E-state index is 14.3. The molecule has 0 spiro atoms. The third kappa shape index (κ3) is 5.50. The van der Waals surface area contributed by atoms with Gasteiger partial charge in [-0.25, -0.2) is 17.8 Å². The first kappa shape index (κ1) is 25.2. The molecule has 2 aliphatic rings. The number of ether oxygens (including phenoxy) is 1. The van der Waals surface area contributed by atoms with Gasteiger partial charge in [0.15, 0.2) is 21.5 Å². The summed E-state index contributed by atoms with van der Waals surface area (Å²) in [5.74, 6) is -1.68. The van der Waals surface area contributed by atoms with Crippen molar-refractivity contribution in [3.63, 3.8) is 0 Å². The molecule has 0 radical (unpaired) electrons. The van der Waals surface area contributed by atoms with E-state index in [2.05, 4.69) is 4.98 Å². The zero-order valence-electron chi connectivity index (χ0n) is 18.9. The highest BCUT2D eigenvalue weighted by Crippen LogP contribution is 2.31. The zero-order valence-corrected chi connectivity index (χ0v) is 19.7. The number of morpholine rings is 1. The summed E-state index contributed by atoms with van der Waals surface area (Å²) in [7, 11) is -3.55. The van der Waals surface area contributed by atoms with Crippen molar-refractivity contribution >= 4 is 27.2 Å². The maximum absolute atomic E-state index is 14.3. The number of sulfone groups is 1. The number of amides is 1. The molecule has 4 rings (SSSR count). The van der Waals surface area contributed by atoms with Gasteiger partial charge < -0.3 is 19.4 Å². The van der Waals surface area contributed by atoms with Gasteiger partial charge in [0, 0.05) is 57.4 Å². The van der Waals surface area contributed by atoms with E-state index >= 15 is 0 Å². The number of alkyl halides is 3. The van der Waals surface area contributed by atoms with Crippen molar-refractivity contribution in [3.05, 3.63) is 47.4 Å². The molecule has 0 N–H and O–H groups in total. The monoisotopic (exact) mass is 516 g/mol. The highest BCUT2D eigenvalue weighted by Gasteiger charge is 2.33. The SMILES string of the molecule is CS(=O)(=O)c1ccc(N2CCOCC2)c(C(=O)N2CCN(c3ncc(C(F)(F)F)cc3F)CC2)c1. The van der Waals surface area contributed by atoms with Crippen LogP contribution in [0.15, 0.2) is 35.4 Å². The normalized spacial score (nSPS) is 17.6. The topological polar surface area (TPSA) is 83.0 Å².